The van der Waals surface area contributed by atoms with Crippen molar-refractivity contribution in [2.24, 2.45) is 0 Å². The van der Waals surface area contributed by atoms with Crippen molar-refractivity contribution >= 4 is 17.2 Å². The van der Waals surface area contributed by atoms with Crippen LogP contribution in [0.3, 0.4) is 0 Å². The smallest absolute Gasteiger partial charge is 0.255 e. The lowest BCUT2D eigenvalue weighted by Gasteiger charge is -2.11. The van der Waals surface area contributed by atoms with Crippen LogP contribution in [0, 0.1) is 12.7 Å². The molecule has 0 aliphatic heterocycles. The third kappa shape index (κ3) is 3.32. The van der Waals surface area contributed by atoms with Crippen molar-refractivity contribution in [1.82, 2.24) is 9.38 Å². The topological polar surface area (TPSA) is 55.6 Å². The first-order valence-electron chi connectivity index (χ1n) is 8.75. The van der Waals surface area contributed by atoms with Gasteiger partial charge in [-0.15, -0.1) is 0 Å². The van der Waals surface area contributed by atoms with Crippen molar-refractivity contribution in [2.45, 2.75) is 6.92 Å². The number of fused-ring (bicyclic) bond motifs is 1. The molecule has 0 aliphatic rings. The first-order chi connectivity index (χ1) is 13.5. The number of imidazole rings is 1. The van der Waals surface area contributed by atoms with Gasteiger partial charge >= 0.3 is 0 Å². The summed E-state index contributed by atoms with van der Waals surface area (Å²) in [6.45, 7) is 1.90. The van der Waals surface area contributed by atoms with Gasteiger partial charge in [-0.2, -0.15) is 0 Å². The summed E-state index contributed by atoms with van der Waals surface area (Å²) in [5.74, 6) is -0.872. The predicted octanol–water partition coefficient (Wildman–Crippen LogP) is 4.71. The van der Waals surface area contributed by atoms with Crippen molar-refractivity contribution in [2.75, 3.05) is 12.4 Å². The van der Waals surface area contributed by atoms with E-state index < -0.39 is 11.7 Å². The van der Waals surface area contributed by atoms with Crippen LogP contribution >= 0.6 is 0 Å². The summed E-state index contributed by atoms with van der Waals surface area (Å²) >= 11 is 0. The Hall–Kier alpha value is -3.67. The van der Waals surface area contributed by atoms with Gasteiger partial charge in [0, 0.05) is 29.2 Å². The SMILES string of the molecule is COc1ccc(C(=O)Nc2cc(-c3cn4ccccc4n3)ccc2C)cc1F. The molecule has 0 atom stereocenters. The molecule has 0 saturated carbocycles. The fourth-order valence-corrected chi connectivity index (χ4v) is 2.99. The Labute approximate surface area is 161 Å². The van der Waals surface area contributed by atoms with Crippen molar-refractivity contribution in [3.05, 3.63) is 83.9 Å². The van der Waals surface area contributed by atoms with E-state index in [9.17, 15) is 9.18 Å². The first-order valence-corrected chi connectivity index (χ1v) is 8.75. The molecule has 5 nitrogen and oxygen atoms in total. The van der Waals surface area contributed by atoms with Crippen LogP contribution in [0.5, 0.6) is 5.75 Å². The first kappa shape index (κ1) is 17.7. The standard InChI is InChI=1S/C22H18FN3O2/c1-14-6-7-15(19-13-26-10-4-3-5-21(26)24-19)12-18(14)25-22(27)16-8-9-20(28-2)17(23)11-16/h3-13H,1-2H3,(H,25,27). The molecule has 0 fully saturated rings. The van der Waals surface area contributed by atoms with E-state index in [4.69, 9.17) is 4.74 Å². The molecule has 4 rings (SSSR count). The minimum atomic E-state index is -0.578. The lowest BCUT2D eigenvalue weighted by molar-refractivity contribution is 0.102. The third-order valence-corrected chi connectivity index (χ3v) is 4.56. The Morgan fingerprint density at radius 1 is 1.14 bits per heavy atom. The van der Waals surface area contributed by atoms with Gasteiger partial charge in [-0.1, -0.05) is 18.2 Å². The van der Waals surface area contributed by atoms with E-state index in [0.717, 1.165) is 28.5 Å². The maximum Gasteiger partial charge on any atom is 0.255 e. The summed E-state index contributed by atoms with van der Waals surface area (Å²) in [4.78, 5) is 17.2. The normalized spacial score (nSPS) is 10.8. The Kier molecular flexibility index (Phi) is 4.53. The van der Waals surface area contributed by atoms with Crippen LogP contribution in [0.15, 0.2) is 67.0 Å². The van der Waals surface area contributed by atoms with E-state index in [0.29, 0.717) is 5.69 Å². The zero-order valence-corrected chi connectivity index (χ0v) is 15.4. The third-order valence-electron chi connectivity index (χ3n) is 4.56. The zero-order valence-electron chi connectivity index (χ0n) is 15.4. The van der Waals surface area contributed by atoms with E-state index in [-0.39, 0.29) is 11.3 Å². The van der Waals surface area contributed by atoms with Crippen molar-refractivity contribution in [3.8, 4) is 17.0 Å². The van der Waals surface area contributed by atoms with Crippen LogP contribution in [0.4, 0.5) is 10.1 Å². The van der Waals surface area contributed by atoms with Crippen LogP contribution < -0.4 is 10.1 Å². The lowest BCUT2D eigenvalue weighted by Crippen LogP contribution is -2.13. The van der Waals surface area contributed by atoms with Crippen LogP contribution in [0.25, 0.3) is 16.9 Å². The Bertz CT molecular complexity index is 1150. The Morgan fingerprint density at radius 2 is 2.00 bits per heavy atom. The quantitative estimate of drug-likeness (QED) is 0.562. The van der Waals surface area contributed by atoms with Gasteiger partial charge in [-0.25, -0.2) is 9.37 Å². The van der Waals surface area contributed by atoms with Crippen LogP contribution in [-0.2, 0) is 0 Å². The molecule has 2 aromatic carbocycles. The molecule has 0 unspecified atom stereocenters. The summed E-state index contributed by atoms with van der Waals surface area (Å²) in [6, 6.07) is 15.7. The molecule has 28 heavy (non-hydrogen) atoms. The van der Waals surface area contributed by atoms with E-state index in [1.807, 2.05) is 60.1 Å². The molecule has 4 aromatic rings. The van der Waals surface area contributed by atoms with Gasteiger partial charge in [0.25, 0.3) is 5.91 Å². The molecule has 140 valence electrons. The van der Waals surface area contributed by atoms with Crippen LogP contribution in [-0.4, -0.2) is 22.4 Å². The van der Waals surface area contributed by atoms with E-state index >= 15 is 0 Å². The number of anilines is 1. The average molecular weight is 375 g/mol. The minimum Gasteiger partial charge on any atom is -0.494 e. The molecule has 1 amide bonds. The molecule has 0 radical (unpaired) electrons. The second-order valence-corrected chi connectivity index (χ2v) is 6.43. The number of halogens is 1. The highest BCUT2D eigenvalue weighted by Crippen LogP contribution is 2.26. The summed E-state index contributed by atoms with van der Waals surface area (Å²) in [7, 11) is 1.38. The number of methoxy groups -OCH3 is 1. The number of benzene rings is 2. The van der Waals surface area contributed by atoms with Crippen molar-refractivity contribution in [1.29, 1.82) is 0 Å². The van der Waals surface area contributed by atoms with Crippen molar-refractivity contribution in [3.63, 3.8) is 0 Å². The number of nitrogens with one attached hydrogen (secondary N) is 1. The van der Waals surface area contributed by atoms with E-state index in [1.54, 1.807) is 0 Å². The highest BCUT2D eigenvalue weighted by atomic mass is 19.1. The molecule has 0 bridgehead atoms. The maximum absolute atomic E-state index is 13.9. The summed E-state index contributed by atoms with van der Waals surface area (Å²) < 4.78 is 20.7. The van der Waals surface area contributed by atoms with Gasteiger partial charge in [0.15, 0.2) is 11.6 Å². The summed E-state index contributed by atoms with van der Waals surface area (Å²) in [5.41, 5.74) is 4.29. The molecular weight excluding hydrogens is 357 g/mol. The number of hydrogen-bond donors (Lipinski definition) is 1. The van der Waals surface area contributed by atoms with Gasteiger partial charge in [0.2, 0.25) is 0 Å². The number of nitrogens with zero attached hydrogens (tertiary/aromatic N) is 2. The fourth-order valence-electron chi connectivity index (χ4n) is 2.99. The number of rotatable bonds is 4. The van der Waals surface area contributed by atoms with E-state index in [1.165, 1.54) is 19.2 Å². The number of ether oxygens (including phenoxy) is 1. The van der Waals surface area contributed by atoms with Crippen molar-refractivity contribution < 1.29 is 13.9 Å². The van der Waals surface area contributed by atoms with Gasteiger partial charge in [0.05, 0.1) is 12.8 Å². The number of aryl methyl sites for hydroxylation is 1. The summed E-state index contributed by atoms with van der Waals surface area (Å²) in [5, 5.41) is 2.85. The Balaban J connectivity index is 1.63. The fraction of sp³-hybridized carbons (Fsp3) is 0.0909. The molecule has 0 saturated heterocycles. The number of carbonyl (C=O) groups excluding carboxylic acids is 1. The number of amides is 1. The van der Waals surface area contributed by atoms with Gasteiger partial charge in [0.1, 0.15) is 5.65 Å². The van der Waals surface area contributed by atoms with E-state index in [2.05, 4.69) is 10.3 Å². The highest BCUT2D eigenvalue weighted by Gasteiger charge is 2.13. The number of hydrogen-bond acceptors (Lipinski definition) is 3. The molecular formula is C22H18FN3O2. The minimum absolute atomic E-state index is 0.0987. The second-order valence-electron chi connectivity index (χ2n) is 6.43. The number of aromatic nitrogens is 2. The zero-order chi connectivity index (χ0) is 19.7. The monoisotopic (exact) mass is 375 g/mol. The largest absolute Gasteiger partial charge is 0.494 e. The maximum atomic E-state index is 13.9. The van der Waals surface area contributed by atoms with Crippen LogP contribution in [0.2, 0.25) is 0 Å². The van der Waals surface area contributed by atoms with Crippen LogP contribution in [0.1, 0.15) is 15.9 Å². The Morgan fingerprint density at radius 3 is 2.75 bits per heavy atom. The summed E-state index contributed by atoms with van der Waals surface area (Å²) in [6.07, 6.45) is 3.87. The highest BCUT2D eigenvalue weighted by molar-refractivity contribution is 6.05. The van der Waals surface area contributed by atoms with Gasteiger partial charge in [-0.3, -0.25) is 4.79 Å². The number of pyridine rings is 1. The molecule has 2 heterocycles. The average Bonchev–Trinajstić information content (AvgIpc) is 3.13. The molecule has 6 heteroatoms. The lowest BCUT2D eigenvalue weighted by atomic mass is 10.1. The molecule has 1 N–H and O–H groups in total. The van der Waals surface area contributed by atoms with Gasteiger partial charge in [-0.05, 0) is 48.9 Å². The molecule has 0 aliphatic carbocycles. The molecule has 2 aromatic heterocycles. The molecule has 0 spiro atoms. The predicted molar refractivity (Wildman–Crippen MR) is 106 cm³/mol. The second kappa shape index (κ2) is 7.15. The number of carbonyl (C=O) groups is 1. The van der Waals surface area contributed by atoms with Gasteiger partial charge < -0.3 is 14.5 Å².